The highest BCUT2D eigenvalue weighted by atomic mass is 16.5. The molecule has 1 unspecified atom stereocenters. The fourth-order valence-electron chi connectivity index (χ4n) is 1.94. The Bertz CT molecular complexity index is 364. The Balaban J connectivity index is 2.44. The van der Waals surface area contributed by atoms with Gasteiger partial charge in [-0.15, -0.1) is 6.58 Å². The van der Waals surface area contributed by atoms with Gasteiger partial charge in [0.15, 0.2) is 0 Å². The van der Waals surface area contributed by atoms with Crippen molar-refractivity contribution in [3.8, 4) is 5.75 Å². The molecule has 1 aliphatic carbocycles. The van der Waals surface area contributed by atoms with Crippen LogP contribution in [0.25, 0.3) is 0 Å². The standard InChI is InChI=1S/C14H17O/c1-4-10(2)12-6-5-7-13(11-8-9-11)14(12)15-3/h4-7,10-11H,1-2,8-9H2,3H3. The Kier molecular flexibility index (Phi) is 2.81. The van der Waals surface area contributed by atoms with Crippen LogP contribution in [0.2, 0.25) is 0 Å². The smallest absolute Gasteiger partial charge is 0.126 e. The van der Waals surface area contributed by atoms with Crippen LogP contribution in [0.3, 0.4) is 0 Å². The van der Waals surface area contributed by atoms with Gasteiger partial charge in [-0.2, -0.15) is 0 Å². The molecule has 79 valence electrons. The largest absolute Gasteiger partial charge is 0.496 e. The summed E-state index contributed by atoms with van der Waals surface area (Å²) in [5.74, 6) is 1.83. The van der Waals surface area contributed by atoms with Crippen LogP contribution >= 0.6 is 0 Å². The highest BCUT2D eigenvalue weighted by Gasteiger charge is 2.28. The second-order valence-electron chi connectivity index (χ2n) is 4.09. The van der Waals surface area contributed by atoms with Gasteiger partial charge in [-0.1, -0.05) is 24.3 Å². The molecule has 1 aliphatic rings. The average Bonchev–Trinajstić information content (AvgIpc) is 3.10. The van der Waals surface area contributed by atoms with E-state index in [1.165, 1.54) is 18.4 Å². The van der Waals surface area contributed by atoms with Crippen molar-refractivity contribution in [3.05, 3.63) is 48.9 Å². The first-order chi connectivity index (χ1) is 7.27. The van der Waals surface area contributed by atoms with E-state index in [1.54, 1.807) is 7.11 Å². The summed E-state index contributed by atoms with van der Waals surface area (Å²) in [7, 11) is 1.74. The molecule has 0 aromatic heterocycles. The third kappa shape index (κ3) is 1.92. The maximum atomic E-state index is 5.51. The first-order valence-electron chi connectivity index (χ1n) is 5.40. The molecule has 2 rings (SSSR count). The topological polar surface area (TPSA) is 9.23 Å². The number of hydrogen-bond acceptors (Lipinski definition) is 1. The Hall–Kier alpha value is -1.24. The lowest BCUT2D eigenvalue weighted by Crippen LogP contribution is -1.98. The number of ether oxygens (including phenoxy) is 1. The van der Waals surface area contributed by atoms with E-state index in [2.05, 4.69) is 31.7 Å². The molecule has 1 fully saturated rings. The lowest BCUT2D eigenvalue weighted by molar-refractivity contribution is 0.404. The number of rotatable bonds is 4. The number of benzene rings is 1. The van der Waals surface area contributed by atoms with Crippen molar-refractivity contribution in [2.24, 2.45) is 0 Å². The van der Waals surface area contributed by atoms with Crippen molar-refractivity contribution in [3.63, 3.8) is 0 Å². The predicted molar refractivity (Wildman–Crippen MR) is 63.3 cm³/mol. The third-order valence-corrected chi connectivity index (χ3v) is 2.98. The second-order valence-corrected chi connectivity index (χ2v) is 4.09. The summed E-state index contributed by atoms with van der Waals surface area (Å²) in [6.07, 6.45) is 4.43. The second kappa shape index (κ2) is 4.09. The molecular formula is C14H17O. The molecule has 1 radical (unpaired) electrons. The van der Waals surface area contributed by atoms with E-state index in [0.29, 0.717) is 5.92 Å². The molecule has 1 aromatic carbocycles. The first-order valence-corrected chi connectivity index (χ1v) is 5.40. The maximum absolute atomic E-state index is 5.51. The fourth-order valence-corrected chi connectivity index (χ4v) is 1.94. The van der Waals surface area contributed by atoms with Crippen LogP contribution in [-0.2, 0) is 0 Å². The van der Waals surface area contributed by atoms with Crippen LogP contribution < -0.4 is 4.74 Å². The minimum absolute atomic E-state index is 0.110. The molecule has 1 atom stereocenters. The Morgan fingerprint density at radius 2 is 2.20 bits per heavy atom. The molecule has 1 nitrogen and oxygen atoms in total. The van der Waals surface area contributed by atoms with Crippen LogP contribution in [0.1, 0.15) is 35.8 Å². The summed E-state index contributed by atoms with van der Waals surface area (Å²) < 4.78 is 5.51. The van der Waals surface area contributed by atoms with Gasteiger partial charge in [0.2, 0.25) is 0 Å². The maximum Gasteiger partial charge on any atom is 0.126 e. The number of methoxy groups -OCH3 is 1. The summed E-state index contributed by atoms with van der Waals surface area (Å²) in [6, 6.07) is 6.33. The van der Waals surface area contributed by atoms with Crippen molar-refractivity contribution in [2.75, 3.05) is 7.11 Å². The van der Waals surface area contributed by atoms with Crippen LogP contribution in [0.4, 0.5) is 0 Å². The van der Waals surface area contributed by atoms with Gasteiger partial charge in [0.25, 0.3) is 0 Å². The molecule has 0 saturated heterocycles. The number of allylic oxidation sites excluding steroid dienone is 1. The van der Waals surface area contributed by atoms with Gasteiger partial charge in [-0.05, 0) is 31.2 Å². The van der Waals surface area contributed by atoms with Gasteiger partial charge in [-0.25, -0.2) is 0 Å². The Morgan fingerprint density at radius 1 is 1.47 bits per heavy atom. The molecule has 1 saturated carbocycles. The summed E-state index contributed by atoms with van der Waals surface area (Å²) in [5.41, 5.74) is 2.49. The minimum atomic E-state index is 0.110. The normalized spacial score (nSPS) is 17.2. The van der Waals surface area contributed by atoms with E-state index in [-0.39, 0.29) is 5.92 Å². The van der Waals surface area contributed by atoms with E-state index in [0.717, 1.165) is 11.3 Å². The van der Waals surface area contributed by atoms with Crippen LogP contribution in [0, 0.1) is 6.92 Å². The highest BCUT2D eigenvalue weighted by Crippen LogP contribution is 2.46. The van der Waals surface area contributed by atoms with Crippen molar-refractivity contribution < 1.29 is 4.74 Å². The quantitative estimate of drug-likeness (QED) is 0.675. The van der Waals surface area contributed by atoms with Gasteiger partial charge in [0, 0.05) is 11.5 Å². The van der Waals surface area contributed by atoms with Gasteiger partial charge in [0.05, 0.1) is 7.11 Å². The summed E-state index contributed by atoms with van der Waals surface area (Å²) in [6.45, 7) is 7.84. The van der Waals surface area contributed by atoms with Crippen molar-refractivity contribution in [1.82, 2.24) is 0 Å². The van der Waals surface area contributed by atoms with Crippen LogP contribution in [0.15, 0.2) is 30.9 Å². The predicted octanol–water partition coefficient (Wildman–Crippen LogP) is 3.68. The molecule has 15 heavy (non-hydrogen) atoms. The van der Waals surface area contributed by atoms with E-state index in [4.69, 9.17) is 4.74 Å². The molecule has 0 amide bonds. The summed E-state index contributed by atoms with van der Waals surface area (Å²) in [4.78, 5) is 0. The van der Waals surface area contributed by atoms with Crippen molar-refractivity contribution in [2.45, 2.75) is 24.7 Å². The van der Waals surface area contributed by atoms with E-state index in [1.807, 2.05) is 6.08 Å². The number of para-hydroxylation sites is 1. The van der Waals surface area contributed by atoms with Crippen molar-refractivity contribution in [1.29, 1.82) is 0 Å². The average molecular weight is 201 g/mol. The van der Waals surface area contributed by atoms with Crippen LogP contribution in [-0.4, -0.2) is 7.11 Å². The van der Waals surface area contributed by atoms with E-state index < -0.39 is 0 Å². The fraction of sp³-hybridized carbons (Fsp3) is 0.357. The monoisotopic (exact) mass is 201 g/mol. The zero-order valence-corrected chi connectivity index (χ0v) is 9.20. The first kappa shape index (κ1) is 10.3. The molecule has 0 spiro atoms. The van der Waals surface area contributed by atoms with Gasteiger partial charge in [0.1, 0.15) is 5.75 Å². The minimum Gasteiger partial charge on any atom is -0.496 e. The van der Waals surface area contributed by atoms with Gasteiger partial charge in [-0.3, -0.25) is 0 Å². The SMILES string of the molecule is [CH2]C(C=C)c1cccc(C2CC2)c1OC. The summed E-state index contributed by atoms with van der Waals surface area (Å²) in [5, 5.41) is 0. The van der Waals surface area contributed by atoms with E-state index in [9.17, 15) is 0 Å². The Morgan fingerprint density at radius 3 is 2.73 bits per heavy atom. The van der Waals surface area contributed by atoms with E-state index >= 15 is 0 Å². The summed E-state index contributed by atoms with van der Waals surface area (Å²) >= 11 is 0. The lowest BCUT2D eigenvalue weighted by atomic mass is 9.96. The third-order valence-electron chi connectivity index (χ3n) is 2.98. The van der Waals surface area contributed by atoms with Crippen LogP contribution in [0.5, 0.6) is 5.75 Å². The molecule has 0 heterocycles. The molecule has 0 bridgehead atoms. The van der Waals surface area contributed by atoms with Crippen molar-refractivity contribution >= 4 is 0 Å². The van der Waals surface area contributed by atoms with Gasteiger partial charge < -0.3 is 4.74 Å². The molecule has 1 heteroatoms. The lowest BCUT2D eigenvalue weighted by Gasteiger charge is -2.15. The molecular weight excluding hydrogens is 184 g/mol. The molecule has 1 aromatic rings. The Labute approximate surface area is 91.8 Å². The molecule has 0 N–H and O–H groups in total. The van der Waals surface area contributed by atoms with Gasteiger partial charge >= 0.3 is 0 Å². The number of hydrogen-bond donors (Lipinski definition) is 0. The highest BCUT2D eigenvalue weighted by molar-refractivity contribution is 5.48. The zero-order valence-electron chi connectivity index (χ0n) is 9.20. The molecule has 0 aliphatic heterocycles. The zero-order chi connectivity index (χ0) is 10.8.